The van der Waals surface area contributed by atoms with Crippen LogP contribution in [0.5, 0.6) is 5.75 Å². The van der Waals surface area contributed by atoms with E-state index in [4.69, 9.17) is 23.2 Å². The topological polar surface area (TPSA) is 91.3 Å². The van der Waals surface area contributed by atoms with Crippen molar-refractivity contribution < 1.29 is 19.1 Å². The molecule has 0 aliphatic rings. The molecule has 0 spiro atoms. The molecule has 0 saturated heterocycles. The number of halogens is 3. The molecule has 6 nitrogen and oxygen atoms in total. The maximum absolute atomic E-state index is 13.1. The number of anilines is 2. The van der Waals surface area contributed by atoms with Gasteiger partial charge in [0.2, 0.25) is 0 Å². The standard InChI is InChI=1S/C19H12Cl2FN3O3/c20-10-1-5-15(24-18(27)13-4-3-12(22)8-16(13)26)14(7-10)19(28)25-17-6-2-11(21)9-23-17/h1-9,26H,(H,24,27)(H,23,25,28). The largest absolute Gasteiger partial charge is 0.507 e. The summed E-state index contributed by atoms with van der Waals surface area (Å²) in [6, 6.07) is 10.3. The molecular formula is C19H12Cl2FN3O3. The van der Waals surface area contributed by atoms with Crippen LogP contribution in [0.2, 0.25) is 10.0 Å². The lowest BCUT2D eigenvalue weighted by atomic mass is 10.1. The number of nitrogens with zero attached hydrogens (tertiary/aromatic N) is 1. The van der Waals surface area contributed by atoms with Crippen LogP contribution in [0.25, 0.3) is 0 Å². The van der Waals surface area contributed by atoms with Crippen molar-refractivity contribution in [2.75, 3.05) is 10.6 Å². The number of aromatic nitrogens is 1. The number of aromatic hydroxyl groups is 1. The van der Waals surface area contributed by atoms with Crippen molar-refractivity contribution >= 4 is 46.5 Å². The monoisotopic (exact) mass is 419 g/mol. The van der Waals surface area contributed by atoms with Gasteiger partial charge in [-0.2, -0.15) is 0 Å². The minimum atomic E-state index is -0.724. The first-order chi connectivity index (χ1) is 13.3. The van der Waals surface area contributed by atoms with E-state index in [2.05, 4.69) is 15.6 Å². The van der Waals surface area contributed by atoms with E-state index in [-0.39, 0.29) is 27.7 Å². The van der Waals surface area contributed by atoms with Crippen molar-refractivity contribution in [2.45, 2.75) is 0 Å². The Hall–Kier alpha value is -3.16. The lowest BCUT2D eigenvalue weighted by Crippen LogP contribution is -2.19. The minimum Gasteiger partial charge on any atom is -0.507 e. The summed E-state index contributed by atoms with van der Waals surface area (Å²) in [6.07, 6.45) is 1.37. The predicted molar refractivity (Wildman–Crippen MR) is 105 cm³/mol. The Morgan fingerprint density at radius 3 is 2.29 bits per heavy atom. The summed E-state index contributed by atoms with van der Waals surface area (Å²) in [4.78, 5) is 29.0. The molecule has 3 aromatic rings. The van der Waals surface area contributed by atoms with E-state index in [9.17, 15) is 19.1 Å². The third-order valence-electron chi connectivity index (χ3n) is 3.65. The van der Waals surface area contributed by atoms with Crippen LogP contribution in [0.4, 0.5) is 15.9 Å². The highest BCUT2D eigenvalue weighted by molar-refractivity contribution is 6.31. The number of carbonyl (C=O) groups excluding carboxylic acids is 2. The van der Waals surface area contributed by atoms with E-state index in [0.717, 1.165) is 18.2 Å². The highest BCUT2D eigenvalue weighted by atomic mass is 35.5. The number of pyridine rings is 1. The first-order valence-corrected chi connectivity index (χ1v) is 8.61. The molecule has 1 aromatic heterocycles. The van der Waals surface area contributed by atoms with Gasteiger partial charge in [-0.15, -0.1) is 0 Å². The number of hydrogen-bond donors (Lipinski definition) is 3. The molecule has 3 rings (SSSR count). The van der Waals surface area contributed by atoms with E-state index in [1.807, 2.05) is 0 Å². The summed E-state index contributed by atoms with van der Waals surface area (Å²) in [7, 11) is 0. The average Bonchev–Trinajstić information content (AvgIpc) is 2.65. The second-order valence-corrected chi connectivity index (χ2v) is 6.49. The maximum Gasteiger partial charge on any atom is 0.259 e. The molecule has 0 bridgehead atoms. The molecule has 2 amide bonds. The Morgan fingerprint density at radius 1 is 0.893 bits per heavy atom. The molecule has 0 unspecified atom stereocenters. The Morgan fingerprint density at radius 2 is 1.61 bits per heavy atom. The molecule has 142 valence electrons. The Balaban J connectivity index is 1.86. The Bertz CT molecular complexity index is 1060. The summed E-state index contributed by atoms with van der Waals surface area (Å²) in [5.74, 6) is -2.25. The van der Waals surface area contributed by atoms with Crippen LogP contribution in [-0.4, -0.2) is 21.9 Å². The maximum atomic E-state index is 13.1. The van der Waals surface area contributed by atoms with Crippen LogP contribution in [-0.2, 0) is 0 Å². The zero-order valence-electron chi connectivity index (χ0n) is 14.0. The van der Waals surface area contributed by atoms with Crippen molar-refractivity contribution in [3.8, 4) is 5.75 Å². The molecule has 0 saturated carbocycles. The molecule has 0 atom stereocenters. The fraction of sp³-hybridized carbons (Fsp3) is 0. The molecule has 0 fully saturated rings. The van der Waals surface area contributed by atoms with E-state index < -0.39 is 23.4 Å². The summed E-state index contributed by atoms with van der Waals surface area (Å²) in [5.41, 5.74) is 0.0610. The van der Waals surface area contributed by atoms with Gasteiger partial charge in [0.05, 0.1) is 21.8 Å². The lowest BCUT2D eigenvalue weighted by Gasteiger charge is -2.12. The van der Waals surface area contributed by atoms with Gasteiger partial charge in [0, 0.05) is 17.3 Å². The fourth-order valence-electron chi connectivity index (χ4n) is 2.33. The smallest absolute Gasteiger partial charge is 0.259 e. The SMILES string of the molecule is O=C(Nc1ccc(Cl)cc1C(=O)Nc1ccc(Cl)cn1)c1ccc(F)cc1O. The zero-order valence-corrected chi connectivity index (χ0v) is 15.6. The summed E-state index contributed by atoms with van der Waals surface area (Å²) in [5, 5.41) is 15.5. The van der Waals surface area contributed by atoms with E-state index in [0.29, 0.717) is 5.02 Å². The van der Waals surface area contributed by atoms with Crippen LogP contribution >= 0.6 is 23.2 Å². The highest BCUT2D eigenvalue weighted by Gasteiger charge is 2.18. The van der Waals surface area contributed by atoms with Crippen molar-refractivity contribution in [2.24, 2.45) is 0 Å². The number of phenolic OH excluding ortho intramolecular Hbond substituents is 1. The quantitative estimate of drug-likeness (QED) is 0.569. The van der Waals surface area contributed by atoms with Crippen LogP contribution in [0, 0.1) is 5.82 Å². The number of hydrogen-bond acceptors (Lipinski definition) is 4. The number of phenols is 1. The van der Waals surface area contributed by atoms with E-state index in [1.165, 1.54) is 30.5 Å². The average molecular weight is 420 g/mol. The summed E-state index contributed by atoms with van der Waals surface area (Å²) < 4.78 is 13.1. The first-order valence-electron chi connectivity index (χ1n) is 7.86. The number of benzene rings is 2. The number of carbonyl (C=O) groups is 2. The third-order valence-corrected chi connectivity index (χ3v) is 4.11. The highest BCUT2D eigenvalue weighted by Crippen LogP contribution is 2.25. The molecule has 1 heterocycles. The lowest BCUT2D eigenvalue weighted by molar-refractivity contribution is 0.102. The van der Waals surface area contributed by atoms with Crippen molar-refractivity contribution in [1.82, 2.24) is 4.98 Å². The van der Waals surface area contributed by atoms with Crippen LogP contribution in [0.3, 0.4) is 0 Å². The number of amides is 2. The molecule has 3 N–H and O–H groups in total. The van der Waals surface area contributed by atoms with Gasteiger partial charge in [-0.3, -0.25) is 9.59 Å². The second-order valence-electron chi connectivity index (χ2n) is 5.62. The van der Waals surface area contributed by atoms with Gasteiger partial charge >= 0.3 is 0 Å². The molecule has 28 heavy (non-hydrogen) atoms. The van der Waals surface area contributed by atoms with Gasteiger partial charge in [-0.05, 0) is 42.5 Å². The minimum absolute atomic E-state index is 0.0687. The molecular weight excluding hydrogens is 408 g/mol. The van der Waals surface area contributed by atoms with Crippen molar-refractivity contribution in [1.29, 1.82) is 0 Å². The molecule has 0 radical (unpaired) electrons. The zero-order chi connectivity index (χ0) is 20.3. The van der Waals surface area contributed by atoms with Gasteiger partial charge in [0.15, 0.2) is 0 Å². The van der Waals surface area contributed by atoms with Gasteiger partial charge in [0.1, 0.15) is 17.4 Å². The van der Waals surface area contributed by atoms with Gasteiger partial charge in [0.25, 0.3) is 11.8 Å². The van der Waals surface area contributed by atoms with E-state index in [1.54, 1.807) is 6.07 Å². The van der Waals surface area contributed by atoms with Crippen LogP contribution in [0.1, 0.15) is 20.7 Å². The van der Waals surface area contributed by atoms with Crippen LogP contribution < -0.4 is 10.6 Å². The molecule has 0 aliphatic heterocycles. The number of rotatable bonds is 4. The number of nitrogens with one attached hydrogen (secondary N) is 2. The first kappa shape index (κ1) is 19.6. The predicted octanol–water partition coefficient (Wildman–Crippen LogP) is 4.74. The normalized spacial score (nSPS) is 10.4. The molecule has 2 aromatic carbocycles. The van der Waals surface area contributed by atoms with Crippen molar-refractivity contribution in [3.05, 3.63) is 81.7 Å². The van der Waals surface area contributed by atoms with Gasteiger partial charge in [-0.1, -0.05) is 23.2 Å². The fourth-order valence-corrected chi connectivity index (χ4v) is 2.62. The van der Waals surface area contributed by atoms with E-state index >= 15 is 0 Å². The summed E-state index contributed by atoms with van der Waals surface area (Å²) >= 11 is 11.7. The Kier molecular flexibility index (Phi) is 5.77. The second kappa shape index (κ2) is 8.24. The van der Waals surface area contributed by atoms with Gasteiger partial charge < -0.3 is 15.7 Å². The Labute approximate surface area is 168 Å². The third kappa shape index (κ3) is 4.57. The molecule has 0 aliphatic carbocycles. The van der Waals surface area contributed by atoms with Crippen LogP contribution in [0.15, 0.2) is 54.7 Å². The summed E-state index contributed by atoms with van der Waals surface area (Å²) in [6.45, 7) is 0. The van der Waals surface area contributed by atoms with Crippen molar-refractivity contribution in [3.63, 3.8) is 0 Å². The molecule has 9 heteroatoms. The van der Waals surface area contributed by atoms with Gasteiger partial charge in [-0.25, -0.2) is 9.37 Å².